The molecule has 224 valence electrons. The number of nitro benzene ring substituents is 1. The highest BCUT2D eigenvalue weighted by Gasteiger charge is 2.38. The van der Waals surface area contributed by atoms with E-state index >= 15 is 0 Å². The monoisotopic (exact) mass is 588 g/mol. The van der Waals surface area contributed by atoms with Crippen LogP contribution in [-0.4, -0.2) is 77.5 Å². The predicted molar refractivity (Wildman–Crippen MR) is 151 cm³/mol. The summed E-state index contributed by atoms with van der Waals surface area (Å²) in [4.78, 5) is 34.1. The molecule has 3 aromatic rings. The zero-order chi connectivity index (χ0) is 30.0. The van der Waals surface area contributed by atoms with Crippen molar-refractivity contribution in [2.45, 2.75) is 32.0 Å². The first kappa shape index (κ1) is 29.5. The lowest BCUT2D eigenvalue weighted by Crippen LogP contribution is -2.50. The number of hydrogen-bond donors (Lipinski definition) is 1. The lowest BCUT2D eigenvalue weighted by molar-refractivity contribution is -0.388. The summed E-state index contributed by atoms with van der Waals surface area (Å²) in [5.74, 6) is 0.394. The van der Waals surface area contributed by atoms with Crippen LogP contribution in [0.3, 0.4) is 0 Å². The lowest BCUT2D eigenvalue weighted by Gasteiger charge is -2.38. The van der Waals surface area contributed by atoms with E-state index in [0.717, 1.165) is 55.0 Å². The highest BCUT2D eigenvalue weighted by atomic mass is 19.4. The molecule has 2 aliphatic rings. The summed E-state index contributed by atoms with van der Waals surface area (Å²) in [5.41, 5.74) is -1.36. The highest BCUT2D eigenvalue weighted by Crippen LogP contribution is 2.38. The fourth-order valence-electron chi connectivity index (χ4n) is 5.69. The van der Waals surface area contributed by atoms with E-state index in [1.165, 1.54) is 18.2 Å². The number of piperidine rings is 1. The van der Waals surface area contributed by atoms with E-state index in [2.05, 4.69) is 20.1 Å². The molecule has 13 heteroatoms. The third kappa shape index (κ3) is 6.72. The summed E-state index contributed by atoms with van der Waals surface area (Å²) in [6.45, 7) is 6.57. The Labute approximate surface area is 240 Å². The topological polar surface area (TPSA) is 94.8 Å². The molecule has 0 bridgehead atoms. The number of nitrogens with zero attached hydrogens (tertiary/aromatic N) is 5. The van der Waals surface area contributed by atoms with Gasteiger partial charge in [0.1, 0.15) is 17.2 Å². The van der Waals surface area contributed by atoms with Crippen LogP contribution in [-0.2, 0) is 11.0 Å². The number of rotatable bonds is 7. The van der Waals surface area contributed by atoms with Crippen molar-refractivity contribution in [3.8, 4) is 0 Å². The van der Waals surface area contributed by atoms with Gasteiger partial charge in [-0.1, -0.05) is 6.92 Å². The van der Waals surface area contributed by atoms with Gasteiger partial charge in [-0.3, -0.25) is 19.8 Å². The van der Waals surface area contributed by atoms with Crippen molar-refractivity contribution in [1.82, 2.24) is 14.8 Å². The van der Waals surface area contributed by atoms with E-state index in [9.17, 15) is 32.5 Å². The second kappa shape index (κ2) is 12.1. The molecule has 0 spiro atoms. The number of alkyl halides is 3. The third-order valence-electron chi connectivity index (χ3n) is 7.96. The van der Waals surface area contributed by atoms with E-state index in [4.69, 9.17) is 0 Å². The summed E-state index contributed by atoms with van der Waals surface area (Å²) in [7, 11) is 0. The molecule has 0 aliphatic carbocycles. The van der Waals surface area contributed by atoms with Crippen molar-refractivity contribution in [2.24, 2.45) is 5.92 Å². The molecule has 1 unspecified atom stereocenters. The van der Waals surface area contributed by atoms with Gasteiger partial charge >= 0.3 is 6.18 Å². The van der Waals surface area contributed by atoms with Crippen LogP contribution in [0.4, 0.5) is 34.8 Å². The number of piperazine rings is 1. The van der Waals surface area contributed by atoms with E-state index in [0.29, 0.717) is 32.5 Å². The molecule has 1 amide bonds. The maximum atomic E-state index is 13.5. The second-order valence-electron chi connectivity index (χ2n) is 10.9. The molecule has 5 rings (SSSR count). The average molecular weight is 589 g/mol. The smallest absolute Gasteiger partial charge is 0.382 e. The molecule has 2 aliphatic heterocycles. The summed E-state index contributed by atoms with van der Waals surface area (Å²) in [6.07, 6.45) is -3.73. The fraction of sp³-hybridized carbons (Fsp3) is 0.448. The number of pyridine rings is 1. The number of aromatic nitrogens is 1. The Morgan fingerprint density at radius 2 is 1.76 bits per heavy atom. The van der Waals surface area contributed by atoms with Gasteiger partial charge in [0.2, 0.25) is 5.91 Å². The lowest BCUT2D eigenvalue weighted by atomic mass is 10.0. The van der Waals surface area contributed by atoms with Crippen LogP contribution in [0.15, 0.2) is 48.5 Å². The summed E-state index contributed by atoms with van der Waals surface area (Å²) >= 11 is 0. The van der Waals surface area contributed by atoms with Gasteiger partial charge in [0.15, 0.2) is 0 Å². The van der Waals surface area contributed by atoms with Crippen molar-refractivity contribution in [3.05, 3.63) is 70.0 Å². The number of anilines is 2. The number of halogens is 4. The normalized spacial score (nSPS) is 17.8. The Hall–Kier alpha value is -4.00. The summed E-state index contributed by atoms with van der Waals surface area (Å²) in [6, 6.07) is 11.1. The Morgan fingerprint density at radius 1 is 1.05 bits per heavy atom. The quantitative estimate of drug-likeness (QED) is 0.231. The molecule has 0 saturated carbocycles. The summed E-state index contributed by atoms with van der Waals surface area (Å²) in [5, 5.41) is 14.8. The number of hydrogen-bond acceptors (Lipinski definition) is 7. The fourth-order valence-corrected chi connectivity index (χ4v) is 5.69. The first-order valence-electron chi connectivity index (χ1n) is 13.9. The van der Waals surface area contributed by atoms with Crippen molar-refractivity contribution in [2.75, 3.05) is 56.0 Å². The molecule has 2 saturated heterocycles. The average Bonchev–Trinajstić information content (AvgIpc) is 2.96. The van der Waals surface area contributed by atoms with Crippen LogP contribution >= 0.6 is 0 Å². The van der Waals surface area contributed by atoms with Gasteiger partial charge < -0.3 is 15.1 Å². The largest absolute Gasteiger partial charge is 0.423 e. The van der Waals surface area contributed by atoms with Crippen molar-refractivity contribution in [3.63, 3.8) is 0 Å². The van der Waals surface area contributed by atoms with Crippen molar-refractivity contribution >= 4 is 34.0 Å². The molecule has 9 nitrogen and oxygen atoms in total. The molecule has 2 aromatic carbocycles. The number of carbonyl (C=O) groups is 1. The van der Waals surface area contributed by atoms with Crippen LogP contribution in [0.5, 0.6) is 0 Å². The summed E-state index contributed by atoms with van der Waals surface area (Å²) < 4.78 is 53.4. The molecule has 0 radical (unpaired) electrons. The Morgan fingerprint density at radius 3 is 2.43 bits per heavy atom. The second-order valence-corrected chi connectivity index (χ2v) is 10.9. The Balaban J connectivity index is 1.09. The molecule has 1 aromatic heterocycles. The highest BCUT2D eigenvalue weighted by molar-refractivity contribution is 5.80. The van der Waals surface area contributed by atoms with E-state index in [1.807, 2.05) is 19.1 Å². The maximum absolute atomic E-state index is 13.5. The molecule has 3 heterocycles. The molecular formula is C29H32F4N6O3. The number of carbonyl (C=O) groups excluding carboxylic acids is 1. The zero-order valence-electron chi connectivity index (χ0n) is 23.1. The van der Waals surface area contributed by atoms with Crippen LogP contribution in [0.1, 0.15) is 25.3 Å². The minimum atomic E-state index is -4.84. The number of nitrogens with one attached hydrogen (secondary N) is 1. The van der Waals surface area contributed by atoms with Crippen molar-refractivity contribution in [1.29, 1.82) is 0 Å². The van der Waals surface area contributed by atoms with E-state index in [-0.39, 0.29) is 29.4 Å². The zero-order valence-corrected chi connectivity index (χ0v) is 23.1. The molecule has 2 fully saturated rings. The third-order valence-corrected chi connectivity index (χ3v) is 7.96. The minimum Gasteiger partial charge on any atom is -0.382 e. The standard InChI is InChI=1S/C29H32F4N6O3/c1-19(18-36-12-14-37(15-13-36)27-7-2-20-16-21(30)3-5-25(20)35-27)28(40)38-10-8-22(9-11-38)34-23-4-6-26(39(41)42)24(17-23)29(31,32)33/h2-7,16-17,19,22,34H,8-15,18H2,1H3. The maximum Gasteiger partial charge on any atom is 0.423 e. The number of nitro groups is 1. The van der Waals surface area contributed by atoms with Crippen LogP contribution in [0, 0.1) is 21.8 Å². The van der Waals surface area contributed by atoms with Gasteiger partial charge in [-0.25, -0.2) is 9.37 Å². The van der Waals surface area contributed by atoms with Crippen molar-refractivity contribution < 1.29 is 27.3 Å². The first-order chi connectivity index (χ1) is 20.0. The Kier molecular flexibility index (Phi) is 8.48. The number of benzene rings is 2. The number of likely N-dealkylation sites (tertiary alicyclic amines) is 1. The minimum absolute atomic E-state index is 0.0500. The SMILES string of the molecule is CC(CN1CCN(c2ccc3cc(F)ccc3n2)CC1)C(=O)N1CCC(Nc2ccc([N+](=O)[O-])c(C(F)(F)F)c2)CC1. The predicted octanol–water partition coefficient (Wildman–Crippen LogP) is 5.16. The van der Waals surface area contributed by atoms with Gasteiger partial charge in [0.05, 0.1) is 10.4 Å². The van der Waals surface area contributed by atoms with Gasteiger partial charge in [0, 0.05) is 74.9 Å². The van der Waals surface area contributed by atoms with Crippen LogP contribution in [0.2, 0.25) is 0 Å². The molecule has 42 heavy (non-hydrogen) atoms. The van der Waals surface area contributed by atoms with Crippen LogP contribution < -0.4 is 10.2 Å². The van der Waals surface area contributed by atoms with Gasteiger partial charge in [-0.15, -0.1) is 0 Å². The van der Waals surface area contributed by atoms with Gasteiger partial charge in [0.25, 0.3) is 5.69 Å². The van der Waals surface area contributed by atoms with Gasteiger partial charge in [-0.05, 0) is 55.3 Å². The van der Waals surface area contributed by atoms with E-state index < -0.39 is 22.4 Å². The number of amides is 1. The molecule has 1 N–H and O–H groups in total. The Bertz CT molecular complexity index is 1450. The first-order valence-corrected chi connectivity index (χ1v) is 13.9. The molecule has 1 atom stereocenters. The van der Waals surface area contributed by atoms with Crippen LogP contribution in [0.25, 0.3) is 10.9 Å². The molecular weight excluding hydrogens is 556 g/mol. The van der Waals surface area contributed by atoms with E-state index in [1.54, 1.807) is 11.0 Å². The number of fused-ring (bicyclic) bond motifs is 1. The van der Waals surface area contributed by atoms with Gasteiger partial charge in [-0.2, -0.15) is 13.2 Å².